The number of hydrogen-bond acceptors (Lipinski definition) is 2. The van der Waals surface area contributed by atoms with E-state index < -0.39 is 0 Å². The molecular weight excluding hydrogens is 410 g/mol. The Balaban J connectivity index is 1.71. The number of nitrogens with zero attached hydrogens (tertiary/aromatic N) is 1. The summed E-state index contributed by atoms with van der Waals surface area (Å²) in [5, 5.41) is 4.50. The van der Waals surface area contributed by atoms with Gasteiger partial charge in [-0.15, -0.1) is 0 Å². The van der Waals surface area contributed by atoms with Crippen LogP contribution in [0.2, 0.25) is 10.0 Å². The molecule has 4 aromatic rings. The molecule has 4 rings (SSSR count). The van der Waals surface area contributed by atoms with Gasteiger partial charge in [0.15, 0.2) is 0 Å². The zero-order valence-electron chi connectivity index (χ0n) is 15.1. The molecule has 1 aromatic heterocycles. The molecule has 0 bridgehead atoms. The maximum Gasteiger partial charge on any atom is 0.252 e. The van der Waals surface area contributed by atoms with Gasteiger partial charge in [-0.1, -0.05) is 59.6 Å². The molecule has 29 heavy (non-hydrogen) atoms. The van der Waals surface area contributed by atoms with Crippen LogP contribution in [0.4, 0.5) is 4.39 Å². The molecule has 0 aliphatic heterocycles. The Morgan fingerprint density at radius 2 is 1.69 bits per heavy atom. The molecule has 6 heteroatoms. The van der Waals surface area contributed by atoms with Crippen molar-refractivity contribution in [2.45, 2.75) is 6.54 Å². The predicted molar refractivity (Wildman–Crippen MR) is 115 cm³/mol. The Morgan fingerprint density at radius 3 is 2.45 bits per heavy atom. The van der Waals surface area contributed by atoms with Gasteiger partial charge in [-0.3, -0.25) is 4.79 Å². The maximum atomic E-state index is 13.1. The molecule has 3 nitrogen and oxygen atoms in total. The lowest BCUT2D eigenvalue weighted by molar-refractivity contribution is 0.0952. The highest BCUT2D eigenvalue weighted by Gasteiger charge is 2.14. The molecule has 0 aliphatic carbocycles. The van der Waals surface area contributed by atoms with Crippen molar-refractivity contribution in [1.29, 1.82) is 0 Å². The lowest BCUT2D eigenvalue weighted by Crippen LogP contribution is -2.23. The molecule has 0 saturated carbocycles. The van der Waals surface area contributed by atoms with Crippen LogP contribution in [0.15, 0.2) is 72.8 Å². The quantitative estimate of drug-likeness (QED) is 0.418. The first-order valence-corrected chi connectivity index (χ1v) is 9.65. The van der Waals surface area contributed by atoms with Crippen LogP contribution >= 0.6 is 23.2 Å². The van der Waals surface area contributed by atoms with Gasteiger partial charge in [0.25, 0.3) is 5.91 Å². The van der Waals surface area contributed by atoms with Crippen LogP contribution in [0.3, 0.4) is 0 Å². The summed E-state index contributed by atoms with van der Waals surface area (Å²) in [5.41, 5.74) is 3.39. The van der Waals surface area contributed by atoms with E-state index in [9.17, 15) is 9.18 Å². The molecular formula is C23H15Cl2FN2O. The monoisotopic (exact) mass is 424 g/mol. The van der Waals surface area contributed by atoms with Crippen molar-refractivity contribution in [3.63, 3.8) is 0 Å². The highest BCUT2D eigenvalue weighted by atomic mass is 35.5. The van der Waals surface area contributed by atoms with Gasteiger partial charge in [0.1, 0.15) is 5.82 Å². The average molecular weight is 425 g/mol. The molecule has 0 saturated heterocycles. The van der Waals surface area contributed by atoms with Crippen molar-refractivity contribution < 1.29 is 9.18 Å². The van der Waals surface area contributed by atoms with Gasteiger partial charge in [-0.2, -0.15) is 0 Å². The number of benzene rings is 3. The second-order valence-corrected chi connectivity index (χ2v) is 7.32. The molecule has 0 aliphatic rings. The van der Waals surface area contributed by atoms with Crippen LogP contribution in [-0.2, 0) is 6.54 Å². The van der Waals surface area contributed by atoms with Gasteiger partial charge in [0.2, 0.25) is 0 Å². The lowest BCUT2D eigenvalue weighted by atomic mass is 10.0. The first kappa shape index (κ1) is 19.4. The van der Waals surface area contributed by atoms with Crippen LogP contribution in [-0.4, -0.2) is 10.9 Å². The largest absolute Gasteiger partial charge is 0.348 e. The van der Waals surface area contributed by atoms with E-state index in [4.69, 9.17) is 23.2 Å². The Morgan fingerprint density at radius 1 is 0.931 bits per heavy atom. The number of amides is 1. The summed E-state index contributed by atoms with van der Waals surface area (Å²) in [6, 6.07) is 20.4. The second kappa shape index (κ2) is 8.19. The minimum atomic E-state index is -0.313. The molecule has 1 heterocycles. The lowest BCUT2D eigenvalue weighted by Gasteiger charge is -2.11. The van der Waals surface area contributed by atoms with Gasteiger partial charge < -0.3 is 5.32 Å². The minimum Gasteiger partial charge on any atom is -0.348 e. The van der Waals surface area contributed by atoms with Gasteiger partial charge in [0, 0.05) is 17.5 Å². The Kier molecular flexibility index (Phi) is 5.47. The fourth-order valence-corrected chi connectivity index (χ4v) is 3.34. The van der Waals surface area contributed by atoms with Crippen LogP contribution in [0, 0.1) is 5.82 Å². The summed E-state index contributed by atoms with van der Waals surface area (Å²) in [4.78, 5) is 17.6. The zero-order chi connectivity index (χ0) is 20.4. The topological polar surface area (TPSA) is 42.0 Å². The number of fused-ring (bicyclic) bond motifs is 1. The fraction of sp³-hybridized carbons (Fsp3) is 0.0435. The summed E-state index contributed by atoms with van der Waals surface area (Å²) < 4.78 is 13.1. The number of carbonyl (C=O) groups excluding carboxylic acids is 1. The molecule has 0 unspecified atom stereocenters. The van der Waals surface area contributed by atoms with E-state index >= 15 is 0 Å². The zero-order valence-corrected chi connectivity index (χ0v) is 16.6. The van der Waals surface area contributed by atoms with Crippen molar-refractivity contribution in [3.8, 4) is 11.3 Å². The molecule has 1 N–H and O–H groups in total. The smallest absolute Gasteiger partial charge is 0.252 e. The number of pyridine rings is 1. The van der Waals surface area contributed by atoms with Crippen LogP contribution in [0.1, 0.15) is 15.9 Å². The molecule has 0 fully saturated rings. The van der Waals surface area contributed by atoms with Crippen molar-refractivity contribution in [2.75, 3.05) is 0 Å². The number of hydrogen-bond donors (Lipinski definition) is 1. The Labute approximate surface area is 177 Å². The van der Waals surface area contributed by atoms with Crippen molar-refractivity contribution in [1.82, 2.24) is 10.3 Å². The summed E-state index contributed by atoms with van der Waals surface area (Å²) in [6.45, 7) is 0.290. The minimum absolute atomic E-state index is 0.241. The van der Waals surface area contributed by atoms with Crippen LogP contribution in [0.25, 0.3) is 22.2 Å². The molecule has 0 radical (unpaired) electrons. The van der Waals surface area contributed by atoms with Gasteiger partial charge >= 0.3 is 0 Å². The number of rotatable bonds is 4. The number of carbonyl (C=O) groups is 1. The standard InChI is InChI=1S/C23H15Cl2FN2O/c24-19-10-7-15(11-20(19)25)22-12-18(17-3-1-2-4-21(17)28-22)23(29)27-13-14-5-8-16(26)9-6-14/h1-12H,13H2,(H,27,29). The van der Waals surface area contributed by atoms with E-state index in [2.05, 4.69) is 10.3 Å². The SMILES string of the molecule is O=C(NCc1ccc(F)cc1)c1cc(-c2ccc(Cl)c(Cl)c2)nc2ccccc12. The molecule has 0 atom stereocenters. The molecule has 0 spiro atoms. The highest BCUT2D eigenvalue weighted by molar-refractivity contribution is 6.42. The molecule has 144 valence electrons. The van der Waals surface area contributed by atoms with E-state index in [-0.39, 0.29) is 18.3 Å². The van der Waals surface area contributed by atoms with Gasteiger partial charge in [0.05, 0.1) is 26.8 Å². The van der Waals surface area contributed by atoms with E-state index in [1.807, 2.05) is 30.3 Å². The van der Waals surface area contributed by atoms with E-state index in [0.717, 1.165) is 16.5 Å². The second-order valence-electron chi connectivity index (χ2n) is 6.51. The maximum absolute atomic E-state index is 13.1. The molecule has 3 aromatic carbocycles. The van der Waals surface area contributed by atoms with Gasteiger partial charge in [-0.05, 0) is 42.0 Å². The normalized spacial score (nSPS) is 10.9. The van der Waals surface area contributed by atoms with E-state index in [1.165, 1.54) is 12.1 Å². The van der Waals surface area contributed by atoms with Crippen molar-refractivity contribution >= 4 is 40.0 Å². The first-order valence-electron chi connectivity index (χ1n) is 8.89. The van der Waals surface area contributed by atoms with E-state index in [1.54, 1.807) is 30.3 Å². The number of nitrogens with one attached hydrogen (secondary N) is 1. The average Bonchev–Trinajstić information content (AvgIpc) is 2.74. The molecule has 1 amide bonds. The number of aromatic nitrogens is 1. The van der Waals surface area contributed by atoms with Crippen molar-refractivity contribution in [3.05, 3.63) is 99.8 Å². The summed E-state index contributed by atoms with van der Waals surface area (Å²) in [5.74, 6) is -0.555. The predicted octanol–water partition coefficient (Wildman–Crippen LogP) is 6.28. The third-order valence-electron chi connectivity index (χ3n) is 4.54. The number of halogens is 3. The van der Waals surface area contributed by atoms with Gasteiger partial charge in [-0.25, -0.2) is 9.37 Å². The van der Waals surface area contributed by atoms with Crippen LogP contribution in [0.5, 0.6) is 0 Å². The third-order valence-corrected chi connectivity index (χ3v) is 5.28. The summed E-state index contributed by atoms with van der Waals surface area (Å²) in [6.07, 6.45) is 0. The summed E-state index contributed by atoms with van der Waals surface area (Å²) in [7, 11) is 0. The highest BCUT2D eigenvalue weighted by Crippen LogP contribution is 2.30. The third kappa shape index (κ3) is 4.24. The fourth-order valence-electron chi connectivity index (χ4n) is 3.05. The van der Waals surface area contributed by atoms with Crippen molar-refractivity contribution in [2.24, 2.45) is 0 Å². The first-order chi connectivity index (χ1) is 14.0. The Hall–Kier alpha value is -2.95. The van der Waals surface area contributed by atoms with Crippen LogP contribution < -0.4 is 5.32 Å². The Bertz CT molecular complexity index is 1210. The van der Waals surface area contributed by atoms with E-state index in [0.29, 0.717) is 26.8 Å². The summed E-state index contributed by atoms with van der Waals surface area (Å²) >= 11 is 12.2. The number of para-hydroxylation sites is 1.